The molecule has 148 valence electrons. The maximum Gasteiger partial charge on any atom is 0.417 e. The van der Waals surface area contributed by atoms with Crippen molar-refractivity contribution >= 4 is 40.9 Å². The van der Waals surface area contributed by atoms with Gasteiger partial charge in [-0.1, -0.05) is 0 Å². The van der Waals surface area contributed by atoms with Gasteiger partial charge in [0.05, 0.1) is 22.9 Å². The third kappa shape index (κ3) is 4.12. The lowest BCUT2D eigenvalue weighted by atomic mass is 10.1. The number of rotatable bonds is 3. The summed E-state index contributed by atoms with van der Waals surface area (Å²) in [6.45, 7) is 0.393. The Hall–Kier alpha value is -3.25. The van der Waals surface area contributed by atoms with Crippen LogP contribution in [0.5, 0.6) is 0 Å². The van der Waals surface area contributed by atoms with Crippen molar-refractivity contribution in [3.63, 3.8) is 0 Å². The van der Waals surface area contributed by atoms with E-state index in [-0.39, 0.29) is 17.2 Å². The molecule has 0 radical (unpaired) electrons. The predicted molar refractivity (Wildman–Crippen MR) is 105 cm³/mol. The molecule has 0 unspecified atom stereocenters. The van der Waals surface area contributed by atoms with Crippen molar-refractivity contribution in [2.75, 3.05) is 16.3 Å². The predicted octanol–water partition coefficient (Wildman–Crippen LogP) is 4.31. The summed E-state index contributed by atoms with van der Waals surface area (Å²) in [5.41, 5.74) is -0.632. The smallest absolute Gasteiger partial charge is 0.318 e. The van der Waals surface area contributed by atoms with Gasteiger partial charge in [-0.15, -0.1) is 0 Å². The standard InChI is InChI=1S/C20H14F3N3O2S/c21-20(22,23)17-10-16(8-5-14(17)11-24)26-18(28)2-1-9-25(19(26)29)15-6-3-13(12-27)4-7-15/h3-8,10,12H,1-2,9H2. The summed E-state index contributed by atoms with van der Waals surface area (Å²) < 4.78 is 40.0. The first-order valence-corrected chi connectivity index (χ1v) is 8.98. The highest BCUT2D eigenvalue weighted by molar-refractivity contribution is 7.81. The van der Waals surface area contributed by atoms with Crippen LogP contribution in [0.3, 0.4) is 0 Å². The SMILES string of the molecule is N#Cc1ccc(N2C(=O)CCCN(c3ccc(C=O)cc3)C2=S)cc1C(F)(F)F. The molecule has 2 aromatic rings. The third-order valence-corrected chi connectivity index (χ3v) is 4.87. The van der Waals surface area contributed by atoms with Crippen LogP contribution in [0.15, 0.2) is 42.5 Å². The largest absolute Gasteiger partial charge is 0.417 e. The van der Waals surface area contributed by atoms with Gasteiger partial charge in [0.2, 0.25) is 5.91 Å². The number of alkyl halides is 3. The Morgan fingerprint density at radius 3 is 2.34 bits per heavy atom. The van der Waals surface area contributed by atoms with Gasteiger partial charge in [0.25, 0.3) is 0 Å². The van der Waals surface area contributed by atoms with E-state index in [0.717, 1.165) is 17.0 Å². The van der Waals surface area contributed by atoms with E-state index >= 15 is 0 Å². The third-order valence-electron chi connectivity index (χ3n) is 4.47. The molecule has 9 heteroatoms. The van der Waals surface area contributed by atoms with Crippen molar-refractivity contribution in [2.45, 2.75) is 19.0 Å². The van der Waals surface area contributed by atoms with Gasteiger partial charge in [0.1, 0.15) is 6.29 Å². The van der Waals surface area contributed by atoms with Crippen LogP contribution in [0, 0.1) is 11.3 Å². The Kier molecular flexibility index (Phi) is 5.66. The first-order chi connectivity index (χ1) is 13.8. The topological polar surface area (TPSA) is 64.4 Å². The minimum absolute atomic E-state index is 0.0317. The zero-order valence-corrected chi connectivity index (χ0v) is 15.8. The molecule has 0 N–H and O–H groups in total. The lowest BCUT2D eigenvalue weighted by molar-refractivity contribution is -0.137. The highest BCUT2D eigenvalue weighted by atomic mass is 32.1. The molecule has 1 heterocycles. The number of carbonyl (C=O) groups excluding carboxylic acids is 2. The lowest BCUT2D eigenvalue weighted by Crippen LogP contribution is -2.44. The molecule has 1 amide bonds. The molecule has 1 fully saturated rings. The molecular formula is C20H14F3N3O2S. The van der Waals surface area contributed by atoms with E-state index in [1.165, 1.54) is 12.1 Å². The summed E-state index contributed by atoms with van der Waals surface area (Å²) in [4.78, 5) is 26.2. The second-order valence-electron chi connectivity index (χ2n) is 6.32. The minimum Gasteiger partial charge on any atom is -0.318 e. The molecule has 0 saturated carbocycles. The highest BCUT2D eigenvalue weighted by Gasteiger charge is 2.36. The van der Waals surface area contributed by atoms with E-state index < -0.39 is 23.2 Å². The molecule has 2 aromatic carbocycles. The van der Waals surface area contributed by atoms with Gasteiger partial charge in [-0.2, -0.15) is 18.4 Å². The van der Waals surface area contributed by atoms with Gasteiger partial charge >= 0.3 is 6.18 Å². The van der Waals surface area contributed by atoms with Crippen LogP contribution in [0.1, 0.15) is 34.3 Å². The van der Waals surface area contributed by atoms with Crippen LogP contribution in [0.25, 0.3) is 0 Å². The summed E-state index contributed by atoms with van der Waals surface area (Å²) in [6, 6.07) is 11.1. The van der Waals surface area contributed by atoms with Crippen molar-refractivity contribution in [1.29, 1.82) is 5.26 Å². The van der Waals surface area contributed by atoms with E-state index in [4.69, 9.17) is 17.5 Å². The number of thiocarbonyl (C=S) groups is 1. The normalized spacial score (nSPS) is 15.1. The Morgan fingerprint density at radius 1 is 1.10 bits per heavy atom. The van der Waals surface area contributed by atoms with Crippen LogP contribution in [0.4, 0.5) is 24.5 Å². The van der Waals surface area contributed by atoms with Gasteiger partial charge in [0, 0.05) is 24.2 Å². The summed E-state index contributed by atoms with van der Waals surface area (Å²) in [7, 11) is 0. The van der Waals surface area contributed by atoms with Crippen LogP contribution in [0.2, 0.25) is 0 Å². The maximum absolute atomic E-state index is 13.3. The number of aldehydes is 1. The number of nitrogens with zero attached hydrogens (tertiary/aromatic N) is 3. The van der Waals surface area contributed by atoms with E-state index in [1.807, 2.05) is 0 Å². The average Bonchev–Trinajstić information content (AvgIpc) is 2.85. The number of hydrogen-bond donors (Lipinski definition) is 0. The second-order valence-corrected chi connectivity index (χ2v) is 6.68. The quantitative estimate of drug-likeness (QED) is 0.550. The van der Waals surface area contributed by atoms with E-state index in [9.17, 15) is 22.8 Å². The fraction of sp³-hybridized carbons (Fsp3) is 0.200. The molecule has 1 saturated heterocycles. The van der Waals surface area contributed by atoms with Gasteiger partial charge in [0.15, 0.2) is 5.11 Å². The van der Waals surface area contributed by atoms with E-state index in [2.05, 4.69) is 0 Å². The molecule has 1 aliphatic rings. The number of carbonyl (C=O) groups is 2. The molecule has 0 atom stereocenters. The van der Waals surface area contributed by atoms with Crippen LogP contribution in [-0.2, 0) is 11.0 Å². The fourth-order valence-electron chi connectivity index (χ4n) is 3.05. The van der Waals surface area contributed by atoms with Gasteiger partial charge in [-0.3, -0.25) is 14.5 Å². The van der Waals surface area contributed by atoms with Crippen LogP contribution in [-0.4, -0.2) is 23.9 Å². The Bertz CT molecular complexity index is 1010. The van der Waals surface area contributed by atoms with Crippen LogP contribution < -0.4 is 9.80 Å². The van der Waals surface area contributed by atoms with E-state index in [1.54, 1.807) is 29.2 Å². The summed E-state index contributed by atoms with van der Waals surface area (Å²) >= 11 is 5.45. The lowest BCUT2D eigenvalue weighted by Gasteiger charge is -2.30. The van der Waals surface area contributed by atoms with Crippen molar-refractivity contribution in [3.8, 4) is 6.07 Å². The number of hydrogen-bond acceptors (Lipinski definition) is 4. The van der Waals surface area contributed by atoms with Gasteiger partial charge in [-0.05, 0) is 61.1 Å². The Labute approximate surface area is 169 Å². The van der Waals surface area contributed by atoms with Gasteiger partial charge in [-0.25, -0.2) is 0 Å². The highest BCUT2D eigenvalue weighted by Crippen LogP contribution is 2.35. The molecule has 0 aliphatic carbocycles. The number of amides is 1. The molecule has 0 aromatic heterocycles. The number of halogens is 3. The zero-order chi connectivity index (χ0) is 21.2. The summed E-state index contributed by atoms with van der Waals surface area (Å²) in [5, 5.41) is 9.01. The molecule has 0 spiro atoms. The number of anilines is 2. The zero-order valence-electron chi connectivity index (χ0n) is 14.9. The first kappa shape index (κ1) is 20.5. The van der Waals surface area contributed by atoms with E-state index in [0.29, 0.717) is 30.5 Å². The minimum atomic E-state index is -4.75. The summed E-state index contributed by atoms with van der Waals surface area (Å²) in [5.74, 6) is -0.431. The molecule has 5 nitrogen and oxygen atoms in total. The Morgan fingerprint density at radius 2 is 1.76 bits per heavy atom. The van der Waals surface area contributed by atoms with Crippen molar-refractivity contribution < 1.29 is 22.8 Å². The molecular weight excluding hydrogens is 403 g/mol. The van der Waals surface area contributed by atoms with Crippen molar-refractivity contribution in [2.24, 2.45) is 0 Å². The molecule has 0 bridgehead atoms. The average molecular weight is 417 g/mol. The molecule has 1 aliphatic heterocycles. The summed E-state index contributed by atoms with van der Waals surface area (Å²) in [6.07, 6.45) is -3.50. The number of nitriles is 1. The molecule has 3 rings (SSSR count). The second kappa shape index (κ2) is 8.01. The first-order valence-electron chi connectivity index (χ1n) is 8.57. The number of benzene rings is 2. The maximum atomic E-state index is 13.3. The monoisotopic (exact) mass is 417 g/mol. The van der Waals surface area contributed by atoms with Crippen molar-refractivity contribution in [1.82, 2.24) is 0 Å². The van der Waals surface area contributed by atoms with Gasteiger partial charge < -0.3 is 4.90 Å². The Balaban J connectivity index is 2.05. The van der Waals surface area contributed by atoms with Crippen LogP contribution >= 0.6 is 12.2 Å². The van der Waals surface area contributed by atoms with Crippen molar-refractivity contribution in [3.05, 3.63) is 59.2 Å². The molecule has 29 heavy (non-hydrogen) atoms. The fourth-order valence-corrected chi connectivity index (χ4v) is 3.46.